The van der Waals surface area contributed by atoms with Crippen molar-refractivity contribution >= 4 is 68.6 Å². The Labute approximate surface area is 496 Å². The van der Waals surface area contributed by atoms with Gasteiger partial charge < -0.3 is 14.7 Å². The first-order valence-corrected chi connectivity index (χ1v) is 31.8. The minimum Gasteiger partial charge on any atom is -0.342 e. The SMILES string of the molecule is CCN1c2cc(C)cc3c2B(c2ccc(N(c4cc5c(cc4C)C(C)(C)CCC5(C)C)c4cc5c(cc4C)C(C)(C)CCC5(C)C)cc2N3c2ccc(C(C)(C)C)cc2-c2ccccc2)c2cc(C(C)(C)C)cc(C3(C)CCCCC3)c21. The predicted octanol–water partition coefficient (Wildman–Crippen LogP) is 20.0. The first-order valence-electron chi connectivity index (χ1n) is 31.8. The van der Waals surface area contributed by atoms with E-state index in [1.165, 1.54) is 181 Å². The molecule has 0 amide bonds. The molecule has 0 aromatic heterocycles. The topological polar surface area (TPSA) is 9.72 Å². The van der Waals surface area contributed by atoms with E-state index >= 15 is 0 Å². The van der Waals surface area contributed by atoms with Crippen LogP contribution in [0.25, 0.3) is 11.1 Å². The van der Waals surface area contributed by atoms with Gasteiger partial charge in [0.1, 0.15) is 0 Å². The number of hydrogen-bond acceptors (Lipinski definition) is 3. The zero-order valence-electron chi connectivity index (χ0n) is 54.0. The molecule has 2 heterocycles. The highest BCUT2D eigenvalue weighted by Crippen LogP contribution is 2.55. The third-order valence-corrected chi connectivity index (χ3v) is 21.4. The molecular weight excluding hydrogens is 990 g/mol. The highest BCUT2D eigenvalue weighted by Gasteiger charge is 2.48. The summed E-state index contributed by atoms with van der Waals surface area (Å²) < 4.78 is 0. The first-order chi connectivity index (χ1) is 38.4. The first kappa shape index (κ1) is 56.5. The van der Waals surface area contributed by atoms with Crippen LogP contribution in [0.2, 0.25) is 0 Å². The van der Waals surface area contributed by atoms with Crippen molar-refractivity contribution in [3.63, 3.8) is 0 Å². The molecule has 2 aliphatic heterocycles. The molecular formula is C78H96BN3. The van der Waals surface area contributed by atoms with Gasteiger partial charge in [-0.2, -0.15) is 0 Å². The molecule has 4 heteroatoms. The Morgan fingerprint density at radius 2 is 1.01 bits per heavy atom. The van der Waals surface area contributed by atoms with E-state index in [1.807, 2.05) is 0 Å². The van der Waals surface area contributed by atoms with Gasteiger partial charge in [0.15, 0.2) is 0 Å². The Morgan fingerprint density at radius 1 is 0.476 bits per heavy atom. The molecule has 1 saturated carbocycles. The van der Waals surface area contributed by atoms with Gasteiger partial charge in [-0.05, 0) is 230 Å². The van der Waals surface area contributed by atoms with Gasteiger partial charge >= 0.3 is 0 Å². The largest absolute Gasteiger partial charge is 0.342 e. The Kier molecular flexibility index (Phi) is 13.3. The lowest BCUT2D eigenvalue weighted by molar-refractivity contribution is 0.319. The molecule has 7 aromatic carbocycles. The predicted molar refractivity (Wildman–Crippen MR) is 358 cm³/mol. The third kappa shape index (κ3) is 9.12. The maximum Gasteiger partial charge on any atom is 0.252 e. The van der Waals surface area contributed by atoms with Crippen LogP contribution in [-0.2, 0) is 37.9 Å². The minimum atomic E-state index is -0.0427. The van der Waals surface area contributed by atoms with Crippen LogP contribution in [0.5, 0.6) is 0 Å². The number of hydrogen-bond donors (Lipinski definition) is 0. The number of aryl methyl sites for hydroxylation is 3. The molecule has 3 nitrogen and oxygen atoms in total. The summed E-state index contributed by atoms with van der Waals surface area (Å²) in [5.41, 5.74) is 31.6. The molecule has 0 unspecified atom stereocenters. The highest BCUT2D eigenvalue weighted by molar-refractivity contribution is 7.00. The van der Waals surface area contributed by atoms with Crippen molar-refractivity contribution in [2.45, 2.75) is 227 Å². The smallest absolute Gasteiger partial charge is 0.252 e. The second kappa shape index (κ2) is 19.3. The molecule has 5 aliphatic rings. The van der Waals surface area contributed by atoms with E-state index in [9.17, 15) is 0 Å². The highest BCUT2D eigenvalue weighted by atomic mass is 15.2. The number of nitrogens with zero attached hydrogens (tertiary/aromatic N) is 3. The monoisotopic (exact) mass is 1090 g/mol. The van der Waals surface area contributed by atoms with Crippen molar-refractivity contribution in [3.8, 4) is 11.1 Å². The molecule has 0 N–H and O–H groups in total. The summed E-state index contributed by atoms with van der Waals surface area (Å²) >= 11 is 0. The van der Waals surface area contributed by atoms with Crippen molar-refractivity contribution in [3.05, 3.63) is 171 Å². The van der Waals surface area contributed by atoms with Crippen LogP contribution in [0.4, 0.5) is 45.5 Å². The summed E-state index contributed by atoms with van der Waals surface area (Å²) in [5, 5.41) is 0. The minimum absolute atomic E-state index is 0.0152. The van der Waals surface area contributed by atoms with Crippen molar-refractivity contribution in [2.75, 3.05) is 21.2 Å². The third-order valence-electron chi connectivity index (χ3n) is 21.4. The number of fused-ring (bicyclic) bond motifs is 6. The molecule has 426 valence electrons. The lowest BCUT2D eigenvalue weighted by Crippen LogP contribution is -2.62. The molecule has 3 aliphatic carbocycles. The summed E-state index contributed by atoms with van der Waals surface area (Å²) in [6, 6.07) is 47.2. The lowest BCUT2D eigenvalue weighted by atomic mass is 9.33. The summed E-state index contributed by atoms with van der Waals surface area (Å²) in [5.74, 6) is 0. The molecule has 12 rings (SSSR count). The second-order valence-corrected chi connectivity index (χ2v) is 31.4. The molecule has 82 heavy (non-hydrogen) atoms. The fourth-order valence-corrected chi connectivity index (χ4v) is 15.9. The Morgan fingerprint density at radius 3 is 1.55 bits per heavy atom. The average Bonchev–Trinajstić information content (AvgIpc) is 0.765. The maximum atomic E-state index is 2.75. The number of anilines is 8. The van der Waals surface area contributed by atoms with Crippen LogP contribution in [0, 0.1) is 20.8 Å². The summed E-state index contributed by atoms with van der Waals surface area (Å²) in [7, 11) is 0. The van der Waals surface area contributed by atoms with Crippen LogP contribution < -0.4 is 31.1 Å². The van der Waals surface area contributed by atoms with Crippen LogP contribution in [0.15, 0.2) is 115 Å². The summed E-state index contributed by atoms with van der Waals surface area (Å²) in [6.07, 6.45) is 11.1. The Hall–Kier alpha value is -6.00. The van der Waals surface area contributed by atoms with E-state index < -0.39 is 0 Å². The average molecular weight is 1090 g/mol. The molecule has 7 aromatic rings. The van der Waals surface area contributed by atoms with E-state index in [0.29, 0.717) is 0 Å². The Balaban J connectivity index is 1.21. The van der Waals surface area contributed by atoms with Crippen molar-refractivity contribution < 1.29 is 0 Å². The standard InChI is InChI=1S/C78H96BN3/c1-20-80-68-39-49(2)40-69-70(68)79(63-45-54(73(8,9)10)44-61(71(63)80)78(19)33-25-22-26-34-78)62-31-30-55(46-67(62)82(69)64-32-29-53(72(5,6)7)43-56(64)52-27-23-21-24-28-52)81(65-47-59-57(41-50(65)3)74(11,12)35-37-76(59,15)16)66-48-60-58(42-51(66)4)75(13,14)36-38-77(60,17)18/h21,23-24,27-32,39-48H,20,22,25-26,33-38H2,1-19H3. The zero-order chi connectivity index (χ0) is 58.6. The van der Waals surface area contributed by atoms with Gasteiger partial charge in [0, 0.05) is 51.9 Å². The Bertz CT molecular complexity index is 3610. The van der Waals surface area contributed by atoms with Crippen LogP contribution in [-0.4, -0.2) is 13.3 Å². The molecule has 1 fully saturated rings. The lowest BCUT2D eigenvalue weighted by Gasteiger charge is -2.48. The fourth-order valence-electron chi connectivity index (χ4n) is 15.9. The quantitative estimate of drug-likeness (QED) is 0.147. The molecule has 0 atom stereocenters. The van der Waals surface area contributed by atoms with Gasteiger partial charge in [-0.1, -0.05) is 190 Å². The van der Waals surface area contributed by atoms with E-state index in [1.54, 1.807) is 5.56 Å². The molecule has 0 spiro atoms. The number of rotatable bonds is 7. The van der Waals surface area contributed by atoms with Gasteiger partial charge in [-0.15, -0.1) is 0 Å². The van der Waals surface area contributed by atoms with Gasteiger partial charge in [0.2, 0.25) is 0 Å². The van der Waals surface area contributed by atoms with Gasteiger partial charge in [0.25, 0.3) is 6.71 Å². The van der Waals surface area contributed by atoms with Gasteiger partial charge in [0.05, 0.1) is 5.69 Å². The molecule has 0 saturated heterocycles. The zero-order valence-corrected chi connectivity index (χ0v) is 54.0. The van der Waals surface area contributed by atoms with Gasteiger partial charge in [-0.3, -0.25) is 0 Å². The van der Waals surface area contributed by atoms with Gasteiger partial charge in [-0.25, -0.2) is 0 Å². The van der Waals surface area contributed by atoms with Crippen LogP contribution >= 0.6 is 0 Å². The van der Waals surface area contributed by atoms with Crippen molar-refractivity contribution in [1.82, 2.24) is 0 Å². The molecule has 0 radical (unpaired) electrons. The summed E-state index contributed by atoms with van der Waals surface area (Å²) in [4.78, 5) is 8.19. The van der Waals surface area contributed by atoms with E-state index in [0.717, 1.165) is 6.54 Å². The second-order valence-electron chi connectivity index (χ2n) is 31.4. The van der Waals surface area contributed by atoms with Crippen LogP contribution in [0.3, 0.4) is 0 Å². The van der Waals surface area contributed by atoms with E-state index in [2.05, 4.69) is 262 Å². The normalized spacial score (nSPS) is 18.9. The van der Waals surface area contributed by atoms with E-state index in [-0.39, 0.29) is 44.6 Å². The van der Waals surface area contributed by atoms with E-state index in [4.69, 9.17) is 0 Å². The fraction of sp³-hybridized carbons (Fsp3) is 0.462. The maximum absolute atomic E-state index is 2.75. The van der Waals surface area contributed by atoms with Crippen LogP contribution in [0.1, 0.15) is 224 Å². The van der Waals surface area contributed by atoms with Crippen molar-refractivity contribution in [2.24, 2.45) is 0 Å². The summed E-state index contributed by atoms with van der Waals surface area (Å²) in [6.45, 7) is 47.3. The number of benzene rings is 7. The molecule has 0 bridgehead atoms. The van der Waals surface area contributed by atoms with Crippen molar-refractivity contribution in [1.29, 1.82) is 0 Å².